The average Bonchev–Trinajstić information content (AvgIpc) is 3.63. The van der Waals surface area contributed by atoms with Gasteiger partial charge in [-0.05, 0) is 51.5 Å². The van der Waals surface area contributed by atoms with Crippen LogP contribution in [0.2, 0.25) is 0 Å². The number of carbonyl (C=O) groups excluding carboxylic acids is 4. The van der Waals surface area contributed by atoms with E-state index in [1.54, 1.807) is 24.0 Å². The van der Waals surface area contributed by atoms with E-state index in [1.165, 1.54) is 4.90 Å². The summed E-state index contributed by atoms with van der Waals surface area (Å²) < 4.78 is 12.9. The second kappa shape index (κ2) is 15.5. The van der Waals surface area contributed by atoms with Crippen molar-refractivity contribution in [3.63, 3.8) is 0 Å². The number of allylic oxidation sites excluding steroid dienone is 1. The molecule has 0 aliphatic carbocycles. The Bertz CT molecular complexity index is 1320. The lowest BCUT2D eigenvalue weighted by Gasteiger charge is -2.40. The molecule has 1 spiro atoms. The molecule has 1 aromatic rings. The molecule has 1 aromatic carbocycles. The van der Waals surface area contributed by atoms with E-state index in [0.717, 1.165) is 0 Å². The van der Waals surface area contributed by atoms with Crippen LogP contribution in [0.15, 0.2) is 55.6 Å². The second-order valence-electron chi connectivity index (χ2n) is 13.7. The molecule has 47 heavy (non-hydrogen) atoms. The highest BCUT2D eigenvalue weighted by molar-refractivity contribution is 9.09. The Hall–Kier alpha value is -3.02. The molecule has 3 aliphatic heterocycles. The van der Waals surface area contributed by atoms with Gasteiger partial charge in [0, 0.05) is 23.8 Å². The number of hydrogen-bond acceptors (Lipinski definition) is 7. The normalized spacial score (nSPS) is 28.1. The molecule has 3 amide bonds. The van der Waals surface area contributed by atoms with Crippen molar-refractivity contribution in [2.24, 2.45) is 17.8 Å². The van der Waals surface area contributed by atoms with Crippen molar-refractivity contribution in [1.82, 2.24) is 15.1 Å². The van der Waals surface area contributed by atoms with Crippen LogP contribution in [-0.2, 0) is 28.7 Å². The van der Waals surface area contributed by atoms with E-state index in [9.17, 15) is 24.3 Å². The summed E-state index contributed by atoms with van der Waals surface area (Å²) in [4.78, 5) is 59.0. The number of aliphatic hydroxyl groups excluding tert-OH is 1. The molecule has 0 radical (unpaired) electrons. The van der Waals surface area contributed by atoms with Gasteiger partial charge < -0.3 is 29.7 Å². The van der Waals surface area contributed by atoms with Crippen LogP contribution in [0.5, 0.6) is 0 Å². The van der Waals surface area contributed by atoms with Gasteiger partial charge in [-0.2, -0.15) is 0 Å². The van der Waals surface area contributed by atoms with Gasteiger partial charge in [0.25, 0.3) is 0 Å². The fourth-order valence-electron chi connectivity index (χ4n) is 7.62. The van der Waals surface area contributed by atoms with E-state index in [0.29, 0.717) is 24.8 Å². The first-order valence-electron chi connectivity index (χ1n) is 16.6. The van der Waals surface area contributed by atoms with E-state index >= 15 is 0 Å². The van der Waals surface area contributed by atoms with Gasteiger partial charge >= 0.3 is 5.97 Å². The number of esters is 1. The molecule has 3 heterocycles. The Morgan fingerprint density at radius 1 is 1.17 bits per heavy atom. The summed E-state index contributed by atoms with van der Waals surface area (Å²) in [5, 5.41) is 13.5. The summed E-state index contributed by atoms with van der Waals surface area (Å²) in [5.41, 5.74) is -0.615. The van der Waals surface area contributed by atoms with Gasteiger partial charge in [-0.15, -0.1) is 13.2 Å². The number of carbonyl (C=O) groups is 4. The van der Waals surface area contributed by atoms with Crippen LogP contribution in [0.1, 0.15) is 72.0 Å². The van der Waals surface area contributed by atoms with Crippen molar-refractivity contribution in [3.8, 4) is 0 Å². The van der Waals surface area contributed by atoms with Crippen molar-refractivity contribution >= 4 is 39.6 Å². The first kappa shape index (κ1) is 36.8. The number of likely N-dealkylation sites (tertiary alicyclic amines) is 1. The molecule has 1 unspecified atom stereocenters. The number of nitrogens with zero attached hydrogens (tertiary/aromatic N) is 2. The summed E-state index contributed by atoms with van der Waals surface area (Å²) in [6.45, 7) is 17.0. The van der Waals surface area contributed by atoms with Crippen molar-refractivity contribution in [2.75, 3.05) is 13.2 Å². The highest BCUT2D eigenvalue weighted by Gasteiger charge is 2.77. The molecular weight excluding hydrogens is 666 g/mol. The zero-order chi connectivity index (χ0) is 34.6. The van der Waals surface area contributed by atoms with E-state index in [2.05, 4.69) is 34.4 Å². The molecule has 3 aliphatic rings. The molecule has 0 saturated carbocycles. The maximum Gasteiger partial charge on any atom is 0.313 e. The van der Waals surface area contributed by atoms with Crippen LogP contribution >= 0.6 is 15.9 Å². The molecule has 0 aromatic heterocycles. The fourth-order valence-corrected chi connectivity index (χ4v) is 8.56. The number of rotatable bonds is 16. The van der Waals surface area contributed by atoms with Crippen molar-refractivity contribution in [3.05, 3.63) is 61.2 Å². The molecule has 9 atom stereocenters. The van der Waals surface area contributed by atoms with Crippen LogP contribution < -0.4 is 5.32 Å². The van der Waals surface area contributed by atoms with E-state index in [4.69, 9.17) is 9.47 Å². The number of nitrogens with one attached hydrogen (secondary N) is 1. The smallest absolute Gasteiger partial charge is 0.313 e. The predicted molar refractivity (Wildman–Crippen MR) is 182 cm³/mol. The number of amides is 3. The monoisotopic (exact) mass is 715 g/mol. The maximum atomic E-state index is 14.6. The molecule has 3 fully saturated rings. The Morgan fingerprint density at radius 3 is 2.43 bits per heavy atom. The molecule has 4 rings (SSSR count). The highest BCUT2D eigenvalue weighted by atomic mass is 79.9. The quantitative estimate of drug-likeness (QED) is 0.148. The summed E-state index contributed by atoms with van der Waals surface area (Å²) in [6.07, 6.45) is 3.31. The molecule has 2 N–H and O–H groups in total. The van der Waals surface area contributed by atoms with Crippen molar-refractivity contribution in [2.45, 2.75) is 107 Å². The van der Waals surface area contributed by atoms with Gasteiger partial charge in [0.05, 0.1) is 36.6 Å². The second-order valence-corrected chi connectivity index (χ2v) is 14.9. The number of halogens is 1. The third-order valence-corrected chi connectivity index (χ3v) is 10.4. The Kier molecular flexibility index (Phi) is 12.1. The lowest BCUT2D eigenvalue weighted by atomic mass is 9.70. The Morgan fingerprint density at radius 2 is 1.85 bits per heavy atom. The zero-order valence-electron chi connectivity index (χ0n) is 28.1. The van der Waals surface area contributed by atoms with Crippen molar-refractivity contribution < 1.29 is 33.8 Å². The lowest BCUT2D eigenvalue weighted by molar-refractivity contribution is -0.162. The third-order valence-electron chi connectivity index (χ3n) is 9.60. The number of alkyl halides is 1. The zero-order valence-corrected chi connectivity index (χ0v) is 29.7. The maximum absolute atomic E-state index is 14.6. The van der Waals surface area contributed by atoms with E-state index in [1.807, 2.05) is 58.0 Å². The van der Waals surface area contributed by atoms with Crippen LogP contribution in [-0.4, -0.2) is 92.4 Å². The molecule has 3 saturated heterocycles. The molecular formula is C36H50BrN3O7. The standard InChI is InChI=1S/C36H50BrN3O7/c1-8-10-16-27(42)38-23(7)30(24-14-12-11-13-15-24)46-35(45)28-29-33(43)40(25(20-41)18-21(3)4)32(34(44)39(17-9-2)22(5)6)36(29)19-26(37)31(28)47-36/h8-9,11-15,21-23,25-26,28-32,41H,1-2,10,16-20H2,3-7H3,(H,38,42)/t23-,25-,26?,28+,29-,30-,31+,32+,36-/m1/s1. The average molecular weight is 717 g/mol. The predicted octanol–water partition coefficient (Wildman–Crippen LogP) is 4.32. The van der Waals surface area contributed by atoms with Crippen LogP contribution in [0.4, 0.5) is 0 Å². The summed E-state index contributed by atoms with van der Waals surface area (Å²) in [7, 11) is 0. The van der Waals surface area contributed by atoms with Gasteiger partial charge in [-0.25, -0.2) is 0 Å². The largest absolute Gasteiger partial charge is 0.455 e. The Balaban J connectivity index is 1.74. The molecule has 258 valence electrons. The van der Waals surface area contributed by atoms with Crippen LogP contribution in [0.3, 0.4) is 0 Å². The summed E-state index contributed by atoms with van der Waals surface area (Å²) in [6, 6.07) is 6.68. The summed E-state index contributed by atoms with van der Waals surface area (Å²) in [5.74, 6) is -3.41. The minimum atomic E-state index is -1.30. The van der Waals surface area contributed by atoms with Gasteiger partial charge in [0.1, 0.15) is 17.7 Å². The van der Waals surface area contributed by atoms with E-state index in [-0.39, 0.29) is 48.2 Å². The molecule has 11 heteroatoms. The minimum absolute atomic E-state index is 0.125. The summed E-state index contributed by atoms with van der Waals surface area (Å²) >= 11 is 3.72. The highest BCUT2D eigenvalue weighted by Crippen LogP contribution is 2.61. The third kappa shape index (κ3) is 7.22. The van der Waals surface area contributed by atoms with Crippen molar-refractivity contribution in [1.29, 1.82) is 0 Å². The first-order chi connectivity index (χ1) is 22.3. The number of benzene rings is 1. The SMILES string of the molecule is C=CCCC(=O)N[C@H](C)[C@@H](OC(=O)[C@@H]1[C@H]2O[C@@]3(CC2Br)[C@H](C(=O)N(CC=C)C(C)C)N([C@@H](CO)CC(C)C)C(=O)[C@@H]13)c1ccccc1. The van der Waals surface area contributed by atoms with Gasteiger partial charge in [0.2, 0.25) is 17.7 Å². The van der Waals surface area contributed by atoms with Gasteiger partial charge in [-0.3, -0.25) is 19.2 Å². The number of ether oxygens (including phenoxy) is 2. The van der Waals surface area contributed by atoms with Gasteiger partial charge in [-0.1, -0.05) is 72.3 Å². The fraction of sp³-hybridized carbons (Fsp3) is 0.611. The topological polar surface area (TPSA) is 125 Å². The molecule has 10 nitrogen and oxygen atoms in total. The van der Waals surface area contributed by atoms with E-state index < -0.39 is 59.6 Å². The van der Waals surface area contributed by atoms with Crippen LogP contribution in [0.25, 0.3) is 0 Å². The number of fused-ring (bicyclic) bond motifs is 1. The minimum Gasteiger partial charge on any atom is -0.455 e. The molecule has 2 bridgehead atoms. The Labute approximate surface area is 287 Å². The van der Waals surface area contributed by atoms with Gasteiger partial charge in [0.15, 0.2) is 0 Å². The van der Waals surface area contributed by atoms with Crippen LogP contribution in [0, 0.1) is 17.8 Å². The number of aliphatic hydroxyl groups is 1. The first-order valence-corrected chi connectivity index (χ1v) is 17.6. The number of hydrogen-bond donors (Lipinski definition) is 2. The lowest BCUT2D eigenvalue weighted by Crippen LogP contribution is -2.60.